The molecule has 0 spiro atoms. The molecule has 5 nitrogen and oxygen atoms in total. The lowest BCUT2D eigenvalue weighted by Gasteiger charge is -2.06. The van der Waals surface area contributed by atoms with Gasteiger partial charge >= 0.3 is 11.9 Å². The van der Waals surface area contributed by atoms with Crippen LogP contribution in [0.3, 0.4) is 0 Å². The Kier molecular flexibility index (Phi) is 8.74. The van der Waals surface area contributed by atoms with Gasteiger partial charge < -0.3 is 14.8 Å². The summed E-state index contributed by atoms with van der Waals surface area (Å²) in [6, 6.07) is 0. The molecular formula is C13H17NO4. The van der Waals surface area contributed by atoms with Crippen LogP contribution in [0.5, 0.6) is 0 Å². The summed E-state index contributed by atoms with van der Waals surface area (Å²) in [6.07, 6.45) is 9.10. The molecule has 0 atom stereocenters. The lowest BCUT2D eigenvalue weighted by atomic mass is 10.3. The highest BCUT2D eigenvalue weighted by Crippen LogP contribution is 1.95. The summed E-state index contributed by atoms with van der Waals surface area (Å²) < 4.78 is 9.51. The largest absolute Gasteiger partial charge is 0.463 e. The molecule has 1 N–H and O–H groups in total. The van der Waals surface area contributed by atoms with Crippen LogP contribution < -0.4 is 5.32 Å². The van der Waals surface area contributed by atoms with Crippen molar-refractivity contribution in [1.82, 2.24) is 5.32 Å². The average Bonchev–Trinajstić information content (AvgIpc) is 2.34. The van der Waals surface area contributed by atoms with Crippen LogP contribution in [0, 0.1) is 12.3 Å². The Balaban J connectivity index is 4.59. The van der Waals surface area contributed by atoms with E-state index in [1.54, 1.807) is 13.8 Å². The second-order valence-corrected chi connectivity index (χ2v) is 2.97. The van der Waals surface area contributed by atoms with E-state index in [0.717, 1.165) is 0 Å². The first-order valence-corrected chi connectivity index (χ1v) is 5.55. The van der Waals surface area contributed by atoms with Crippen molar-refractivity contribution in [2.75, 3.05) is 19.8 Å². The molecule has 5 heteroatoms. The normalized spacial score (nSPS) is 10.8. The quantitative estimate of drug-likeness (QED) is 0.313. The van der Waals surface area contributed by atoms with E-state index in [2.05, 4.69) is 16.0 Å². The Labute approximate surface area is 107 Å². The number of esters is 2. The number of hydrogen-bond donors (Lipinski definition) is 1. The maximum atomic E-state index is 11.5. The number of nitrogens with one attached hydrogen (secondary N) is 1. The fourth-order valence-corrected chi connectivity index (χ4v) is 0.968. The van der Waals surface area contributed by atoms with Crippen molar-refractivity contribution in [2.24, 2.45) is 0 Å². The minimum atomic E-state index is -0.527. The van der Waals surface area contributed by atoms with E-state index in [1.165, 1.54) is 18.2 Å². The molecule has 0 unspecified atom stereocenters. The molecule has 18 heavy (non-hydrogen) atoms. The molecule has 0 amide bonds. The third-order valence-corrected chi connectivity index (χ3v) is 1.66. The third kappa shape index (κ3) is 7.12. The molecule has 0 fully saturated rings. The number of allylic oxidation sites excluding steroid dienone is 2. The highest BCUT2D eigenvalue weighted by atomic mass is 16.5. The van der Waals surface area contributed by atoms with Gasteiger partial charge in [-0.15, -0.1) is 6.42 Å². The van der Waals surface area contributed by atoms with E-state index in [9.17, 15) is 9.59 Å². The monoisotopic (exact) mass is 251 g/mol. The molecule has 0 heterocycles. The molecule has 0 aromatic rings. The minimum absolute atomic E-state index is 0.190. The second kappa shape index (κ2) is 9.97. The van der Waals surface area contributed by atoms with Crippen LogP contribution in [0.1, 0.15) is 13.8 Å². The van der Waals surface area contributed by atoms with Crippen molar-refractivity contribution < 1.29 is 19.1 Å². The van der Waals surface area contributed by atoms with E-state index in [0.29, 0.717) is 6.61 Å². The predicted molar refractivity (Wildman–Crippen MR) is 67.3 cm³/mol. The average molecular weight is 251 g/mol. The van der Waals surface area contributed by atoms with Gasteiger partial charge in [-0.1, -0.05) is 12.0 Å². The first-order valence-electron chi connectivity index (χ1n) is 5.55. The molecule has 0 saturated heterocycles. The maximum absolute atomic E-state index is 11.5. The smallest absolute Gasteiger partial charge is 0.354 e. The van der Waals surface area contributed by atoms with Crippen LogP contribution >= 0.6 is 0 Å². The molecule has 0 rings (SSSR count). The van der Waals surface area contributed by atoms with Crippen molar-refractivity contribution in [3.63, 3.8) is 0 Å². The lowest BCUT2D eigenvalue weighted by Crippen LogP contribution is -2.22. The SMILES string of the molecule is C#CCN/C(=C/C=C/C(=O)OCC)C(=O)OCC. The number of carbonyl (C=O) groups excluding carboxylic acids is 2. The number of ether oxygens (including phenoxy) is 2. The summed E-state index contributed by atoms with van der Waals surface area (Å²) in [6.45, 7) is 4.16. The molecule has 0 aromatic heterocycles. The Morgan fingerprint density at radius 3 is 2.50 bits per heavy atom. The Bertz CT molecular complexity index is 377. The summed E-state index contributed by atoms with van der Waals surface area (Å²) >= 11 is 0. The van der Waals surface area contributed by atoms with Gasteiger partial charge in [0.15, 0.2) is 0 Å². The van der Waals surface area contributed by atoms with Gasteiger partial charge in [0.05, 0.1) is 19.8 Å². The highest BCUT2D eigenvalue weighted by Gasteiger charge is 2.07. The molecule has 0 bridgehead atoms. The zero-order valence-corrected chi connectivity index (χ0v) is 10.6. The van der Waals surface area contributed by atoms with Crippen molar-refractivity contribution in [3.8, 4) is 12.3 Å². The van der Waals surface area contributed by atoms with Gasteiger partial charge in [-0.25, -0.2) is 9.59 Å². The Morgan fingerprint density at radius 1 is 1.28 bits per heavy atom. The molecule has 0 saturated carbocycles. The number of carbonyl (C=O) groups is 2. The lowest BCUT2D eigenvalue weighted by molar-refractivity contribution is -0.139. The van der Waals surface area contributed by atoms with Gasteiger partial charge in [-0.2, -0.15) is 0 Å². The molecule has 0 radical (unpaired) electrons. The van der Waals surface area contributed by atoms with Crippen LogP contribution in [0.4, 0.5) is 0 Å². The van der Waals surface area contributed by atoms with Crippen LogP contribution in [-0.2, 0) is 19.1 Å². The summed E-state index contributed by atoms with van der Waals surface area (Å²) in [5.41, 5.74) is 0.190. The topological polar surface area (TPSA) is 64.6 Å². The van der Waals surface area contributed by atoms with Gasteiger partial charge in [0.1, 0.15) is 5.70 Å². The summed E-state index contributed by atoms with van der Waals surface area (Å²) in [5.74, 6) is 1.33. The van der Waals surface area contributed by atoms with Gasteiger partial charge in [0.2, 0.25) is 0 Å². The molecule has 0 aromatic carbocycles. The fourth-order valence-electron chi connectivity index (χ4n) is 0.968. The van der Waals surface area contributed by atoms with Gasteiger partial charge in [0.25, 0.3) is 0 Å². The highest BCUT2D eigenvalue weighted by molar-refractivity contribution is 5.88. The summed E-state index contributed by atoms with van der Waals surface area (Å²) in [4.78, 5) is 22.5. The van der Waals surface area contributed by atoms with Crippen molar-refractivity contribution in [2.45, 2.75) is 13.8 Å². The minimum Gasteiger partial charge on any atom is -0.463 e. The van der Waals surface area contributed by atoms with Gasteiger partial charge in [0, 0.05) is 6.08 Å². The van der Waals surface area contributed by atoms with E-state index in [-0.39, 0.29) is 18.8 Å². The van der Waals surface area contributed by atoms with Crippen LogP contribution in [0.25, 0.3) is 0 Å². The molecular weight excluding hydrogens is 234 g/mol. The standard InChI is InChI=1S/C13H17NO4/c1-4-10-14-11(13(16)18-6-3)8-7-9-12(15)17-5-2/h1,7-9,14H,5-6,10H2,2-3H3/b9-7+,11-8+. The predicted octanol–water partition coefficient (Wildman–Crippen LogP) is 0.775. The zero-order valence-electron chi connectivity index (χ0n) is 10.6. The third-order valence-electron chi connectivity index (χ3n) is 1.66. The Hall–Kier alpha value is -2.22. The number of terminal acetylenes is 1. The van der Waals surface area contributed by atoms with Crippen LogP contribution in [-0.4, -0.2) is 31.7 Å². The Morgan fingerprint density at radius 2 is 1.94 bits per heavy atom. The fraction of sp³-hybridized carbons (Fsp3) is 0.385. The first-order chi connectivity index (χ1) is 8.65. The van der Waals surface area contributed by atoms with E-state index in [4.69, 9.17) is 11.2 Å². The maximum Gasteiger partial charge on any atom is 0.354 e. The van der Waals surface area contributed by atoms with Crippen molar-refractivity contribution in [3.05, 3.63) is 23.9 Å². The van der Waals surface area contributed by atoms with Crippen molar-refractivity contribution >= 4 is 11.9 Å². The molecule has 0 aliphatic rings. The molecule has 0 aliphatic heterocycles. The van der Waals surface area contributed by atoms with Crippen molar-refractivity contribution in [1.29, 1.82) is 0 Å². The number of rotatable bonds is 7. The van der Waals surface area contributed by atoms with E-state index >= 15 is 0 Å². The molecule has 0 aliphatic carbocycles. The molecule has 98 valence electrons. The van der Waals surface area contributed by atoms with Gasteiger partial charge in [-0.05, 0) is 19.9 Å². The van der Waals surface area contributed by atoms with Crippen LogP contribution in [0.2, 0.25) is 0 Å². The first kappa shape index (κ1) is 15.8. The van der Waals surface area contributed by atoms with E-state index < -0.39 is 11.9 Å². The van der Waals surface area contributed by atoms with E-state index in [1.807, 2.05) is 0 Å². The van der Waals surface area contributed by atoms with Gasteiger partial charge in [-0.3, -0.25) is 0 Å². The number of hydrogen-bond acceptors (Lipinski definition) is 5. The summed E-state index contributed by atoms with van der Waals surface area (Å²) in [5, 5.41) is 2.71. The summed E-state index contributed by atoms with van der Waals surface area (Å²) in [7, 11) is 0. The second-order valence-electron chi connectivity index (χ2n) is 2.97. The van der Waals surface area contributed by atoms with Crippen LogP contribution in [0.15, 0.2) is 23.9 Å². The zero-order chi connectivity index (χ0) is 13.8.